The summed E-state index contributed by atoms with van der Waals surface area (Å²) >= 11 is 0. The van der Waals surface area contributed by atoms with Gasteiger partial charge >= 0.3 is 6.09 Å². The Bertz CT molecular complexity index is 596. The number of alkyl carbamates (subject to hydrolysis) is 1. The maximum Gasteiger partial charge on any atom is 0.408 e. The third-order valence-corrected chi connectivity index (χ3v) is 3.73. The quantitative estimate of drug-likeness (QED) is 0.852. The molecule has 7 heteroatoms. The number of aromatic nitrogens is 2. The second-order valence-electron chi connectivity index (χ2n) is 6.96. The van der Waals surface area contributed by atoms with Crippen molar-refractivity contribution in [1.29, 1.82) is 0 Å². The molecule has 0 fully saturated rings. The van der Waals surface area contributed by atoms with Crippen LogP contribution in [-0.2, 0) is 28.8 Å². The van der Waals surface area contributed by atoms with E-state index in [1.165, 1.54) is 24.0 Å². The van der Waals surface area contributed by atoms with Gasteiger partial charge in [-0.25, -0.2) is 4.79 Å². The van der Waals surface area contributed by atoms with Crippen LogP contribution in [0.2, 0.25) is 0 Å². The van der Waals surface area contributed by atoms with Gasteiger partial charge in [-0.3, -0.25) is 4.79 Å². The molecule has 1 aromatic heterocycles. The Morgan fingerprint density at radius 1 is 1.21 bits per heavy atom. The summed E-state index contributed by atoms with van der Waals surface area (Å²) in [6.07, 6.45) is 6.37. The largest absolute Gasteiger partial charge is 0.444 e. The molecule has 132 valence electrons. The van der Waals surface area contributed by atoms with Gasteiger partial charge in [0.25, 0.3) is 0 Å². The molecule has 0 radical (unpaired) electrons. The molecule has 2 rings (SSSR count). The smallest absolute Gasteiger partial charge is 0.408 e. The topological polar surface area (TPSA) is 93.2 Å². The van der Waals surface area contributed by atoms with Gasteiger partial charge in [0.05, 0.1) is 18.4 Å². The van der Waals surface area contributed by atoms with Crippen molar-refractivity contribution in [2.24, 2.45) is 0 Å². The van der Waals surface area contributed by atoms with Crippen LogP contribution in [0.5, 0.6) is 0 Å². The number of hydrogen-bond donors (Lipinski definition) is 2. The monoisotopic (exact) mass is 334 g/mol. The SMILES string of the molecule is CC(C)(C)OC(=O)NCC(=O)NCCc1nncc2c1CCCC2. The second kappa shape index (κ2) is 8.08. The average molecular weight is 334 g/mol. The van der Waals surface area contributed by atoms with E-state index < -0.39 is 11.7 Å². The van der Waals surface area contributed by atoms with Gasteiger partial charge in [0.15, 0.2) is 0 Å². The van der Waals surface area contributed by atoms with Gasteiger partial charge < -0.3 is 15.4 Å². The highest BCUT2D eigenvalue weighted by Crippen LogP contribution is 2.22. The highest BCUT2D eigenvalue weighted by Gasteiger charge is 2.17. The van der Waals surface area contributed by atoms with E-state index in [2.05, 4.69) is 20.8 Å². The number of carbonyl (C=O) groups is 2. The van der Waals surface area contributed by atoms with Crippen molar-refractivity contribution in [2.75, 3.05) is 13.1 Å². The summed E-state index contributed by atoms with van der Waals surface area (Å²) in [5.74, 6) is -0.251. The fraction of sp³-hybridized carbons (Fsp3) is 0.647. The molecule has 1 heterocycles. The van der Waals surface area contributed by atoms with E-state index in [9.17, 15) is 9.59 Å². The average Bonchev–Trinajstić information content (AvgIpc) is 2.51. The lowest BCUT2D eigenvalue weighted by atomic mass is 9.91. The predicted molar refractivity (Wildman–Crippen MR) is 89.6 cm³/mol. The first-order valence-corrected chi connectivity index (χ1v) is 8.41. The molecule has 1 aliphatic carbocycles. The van der Waals surface area contributed by atoms with Crippen molar-refractivity contribution < 1.29 is 14.3 Å². The molecule has 7 nitrogen and oxygen atoms in total. The summed E-state index contributed by atoms with van der Waals surface area (Å²) < 4.78 is 5.08. The molecule has 0 saturated carbocycles. The maximum atomic E-state index is 11.8. The van der Waals surface area contributed by atoms with Crippen LogP contribution in [0.4, 0.5) is 4.79 Å². The van der Waals surface area contributed by atoms with Crippen molar-refractivity contribution in [2.45, 2.75) is 58.5 Å². The zero-order valence-electron chi connectivity index (χ0n) is 14.6. The molecule has 0 unspecified atom stereocenters. The minimum absolute atomic E-state index is 0.104. The van der Waals surface area contributed by atoms with Gasteiger partial charge in [-0.1, -0.05) is 0 Å². The number of aryl methyl sites for hydroxylation is 1. The van der Waals surface area contributed by atoms with Crippen LogP contribution in [-0.4, -0.2) is 40.9 Å². The zero-order valence-corrected chi connectivity index (χ0v) is 14.6. The Morgan fingerprint density at radius 2 is 1.96 bits per heavy atom. The van der Waals surface area contributed by atoms with Crippen molar-refractivity contribution in [3.05, 3.63) is 23.0 Å². The Balaban J connectivity index is 1.73. The number of carbonyl (C=O) groups excluding carboxylic acids is 2. The summed E-state index contributed by atoms with van der Waals surface area (Å²) in [4.78, 5) is 23.3. The molecule has 2 amide bonds. The van der Waals surface area contributed by atoms with Crippen LogP contribution in [0, 0.1) is 0 Å². The van der Waals surface area contributed by atoms with E-state index in [1.807, 2.05) is 6.20 Å². The minimum Gasteiger partial charge on any atom is -0.444 e. The van der Waals surface area contributed by atoms with Crippen LogP contribution in [0.25, 0.3) is 0 Å². The Hall–Kier alpha value is -2.18. The number of fused-ring (bicyclic) bond motifs is 1. The molecule has 1 aliphatic rings. The van der Waals surface area contributed by atoms with E-state index in [4.69, 9.17) is 4.74 Å². The van der Waals surface area contributed by atoms with E-state index >= 15 is 0 Å². The fourth-order valence-corrected chi connectivity index (χ4v) is 2.68. The van der Waals surface area contributed by atoms with E-state index in [0.717, 1.165) is 18.5 Å². The molecule has 2 N–H and O–H groups in total. The first-order valence-electron chi connectivity index (χ1n) is 8.41. The number of hydrogen-bond acceptors (Lipinski definition) is 5. The van der Waals surface area contributed by atoms with Gasteiger partial charge in [-0.2, -0.15) is 10.2 Å². The molecule has 0 saturated heterocycles. The lowest BCUT2D eigenvalue weighted by Crippen LogP contribution is -2.40. The summed E-state index contributed by atoms with van der Waals surface area (Å²) in [6.45, 7) is 5.68. The third kappa shape index (κ3) is 5.79. The lowest BCUT2D eigenvalue weighted by Gasteiger charge is -2.19. The Morgan fingerprint density at radius 3 is 2.71 bits per heavy atom. The second-order valence-corrected chi connectivity index (χ2v) is 6.96. The standard InChI is InChI=1S/C17H26N4O3/c1-17(2,3)24-16(23)19-11-15(22)18-9-8-14-13-7-5-4-6-12(13)10-20-21-14/h10H,4-9,11H2,1-3H3,(H,18,22)(H,19,23). The molecule has 0 atom stereocenters. The van der Waals surface area contributed by atoms with Crippen LogP contribution in [0.15, 0.2) is 6.20 Å². The number of nitrogens with one attached hydrogen (secondary N) is 2. The van der Waals surface area contributed by atoms with Gasteiger partial charge in [0.1, 0.15) is 5.60 Å². The van der Waals surface area contributed by atoms with Crippen LogP contribution in [0.3, 0.4) is 0 Å². The van der Waals surface area contributed by atoms with Gasteiger partial charge in [-0.15, -0.1) is 0 Å². The van der Waals surface area contributed by atoms with Crippen LogP contribution >= 0.6 is 0 Å². The highest BCUT2D eigenvalue weighted by molar-refractivity contribution is 5.82. The molecule has 24 heavy (non-hydrogen) atoms. The van der Waals surface area contributed by atoms with Gasteiger partial charge in [0, 0.05) is 13.0 Å². The number of nitrogens with zero attached hydrogens (tertiary/aromatic N) is 2. The number of rotatable bonds is 5. The minimum atomic E-state index is -0.597. The van der Waals surface area contributed by atoms with E-state index in [1.54, 1.807) is 20.8 Å². The van der Waals surface area contributed by atoms with Gasteiger partial charge in [-0.05, 0) is 57.6 Å². The van der Waals surface area contributed by atoms with Crippen molar-refractivity contribution in [1.82, 2.24) is 20.8 Å². The highest BCUT2D eigenvalue weighted by atomic mass is 16.6. The van der Waals surface area contributed by atoms with Crippen LogP contribution < -0.4 is 10.6 Å². The first kappa shape index (κ1) is 18.2. The third-order valence-electron chi connectivity index (χ3n) is 3.73. The van der Waals surface area contributed by atoms with Gasteiger partial charge in [0.2, 0.25) is 5.91 Å². The molecular formula is C17H26N4O3. The molecular weight excluding hydrogens is 308 g/mol. The molecule has 0 spiro atoms. The predicted octanol–water partition coefficient (Wildman–Crippen LogP) is 1.54. The summed E-state index contributed by atoms with van der Waals surface area (Å²) in [5, 5.41) is 13.5. The van der Waals surface area contributed by atoms with Crippen molar-refractivity contribution in [3.63, 3.8) is 0 Å². The number of amides is 2. The molecule has 0 bridgehead atoms. The molecule has 0 aromatic carbocycles. The van der Waals surface area contributed by atoms with Crippen LogP contribution in [0.1, 0.15) is 50.4 Å². The zero-order chi connectivity index (χ0) is 17.6. The lowest BCUT2D eigenvalue weighted by molar-refractivity contribution is -0.120. The molecule has 1 aromatic rings. The molecule has 0 aliphatic heterocycles. The Kier molecular flexibility index (Phi) is 6.11. The maximum absolute atomic E-state index is 11.8. The number of ether oxygens (including phenoxy) is 1. The van der Waals surface area contributed by atoms with Crippen molar-refractivity contribution >= 4 is 12.0 Å². The van der Waals surface area contributed by atoms with Crippen molar-refractivity contribution in [3.8, 4) is 0 Å². The summed E-state index contributed by atoms with van der Waals surface area (Å²) in [6, 6.07) is 0. The van der Waals surface area contributed by atoms with E-state index in [0.29, 0.717) is 13.0 Å². The Labute approximate surface area is 142 Å². The fourth-order valence-electron chi connectivity index (χ4n) is 2.68. The normalized spacial score (nSPS) is 13.8. The summed E-state index contributed by atoms with van der Waals surface area (Å²) in [7, 11) is 0. The summed E-state index contributed by atoms with van der Waals surface area (Å²) in [5.41, 5.74) is 2.96. The first-order chi connectivity index (χ1) is 11.3. The van der Waals surface area contributed by atoms with E-state index in [-0.39, 0.29) is 12.5 Å².